The molecular weight excluding hydrogens is 292 g/mol. The molecule has 5 heteroatoms. The third-order valence-corrected chi connectivity index (χ3v) is 6.08. The zero-order valence-electron chi connectivity index (χ0n) is 13.5. The van der Waals surface area contributed by atoms with Crippen LogP contribution in [0.4, 0.5) is 5.82 Å². The molecule has 4 rings (SSSR count). The summed E-state index contributed by atoms with van der Waals surface area (Å²) in [5.41, 5.74) is 0.512. The fraction of sp³-hybridized carbons (Fsp3) is 0.765. The van der Waals surface area contributed by atoms with Crippen LogP contribution in [0.1, 0.15) is 32.1 Å². The van der Waals surface area contributed by atoms with Gasteiger partial charge in [0.05, 0.1) is 0 Å². The van der Waals surface area contributed by atoms with E-state index in [0.717, 1.165) is 23.4 Å². The van der Waals surface area contributed by atoms with E-state index in [1.807, 2.05) is 12.5 Å². The fourth-order valence-electron chi connectivity index (χ4n) is 4.20. The van der Waals surface area contributed by atoms with E-state index in [2.05, 4.69) is 20.9 Å². The van der Waals surface area contributed by atoms with Crippen molar-refractivity contribution < 1.29 is 0 Å². The number of piperidine rings is 1. The minimum absolute atomic E-state index is 0.512. The van der Waals surface area contributed by atoms with Crippen LogP contribution in [-0.2, 0) is 0 Å². The van der Waals surface area contributed by atoms with Crippen LogP contribution in [0.2, 0.25) is 0 Å². The molecule has 3 fully saturated rings. The molecule has 1 atom stereocenters. The first kappa shape index (κ1) is 14.8. The smallest absolute Gasteiger partial charge is 0.189 e. The first-order chi connectivity index (χ1) is 10.8. The maximum Gasteiger partial charge on any atom is 0.189 e. The lowest BCUT2D eigenvalue weighted by Crippen LogP contribution is -2.45. The standard InChI is InChI=1S/C17H26N4S/c1-22-16-18-8-5-15(19-16)21-10-7-17(13-21)6-2-9-20(12-17)11-14-3-4-14/h5,8,14H,2-4,6-7,9-13H2,1H3/t17-/m1/s1. The second-order valence-corrected chi connectivity index (χ2v) is 8.13. The van der Waals surface area contributed by atoms with Crippen LogP contribution in [0.15, 0.2) is 17.4 Å². The molecule has 1 aromatic rings. The zero-order valence-corrected chi connectivity index (χ0v) is 14.3. The van der Waals surface area contributed by atoms with E-state index in [-0.39, 0.29) is 0 Å². The Labute approximate surface area is 137 Å². The Balaban J connectivity index is 1.43. The molecule has 2 saturated heterocycles. The van der Waals surface area contributed by atoms with Crippen molar-refractivity contribution in [2.45, 2.75) is 37.3 Å². The molecule has 0 aromatic carbocycles. The molecule has 1 aromatic heterocycles. The van der Waals surface area contributed by atoms with Crippen molar-refractivity contribution in [2.24, 2.45) is 11.3 Å². The van der Waals surface area contributed by atoms with Crippen LogP contribution < -0.4 is 4.90 Å². The fourth-order valence-corrected chi connectivity index (χ4v) is 4.55. The predicted molar refractivity (Wildman–Crippen MR) is 91.5 cm³/mol. The maximum atomic E-state index is 4.69. The van der Waals surface area contributed by atoms with Crippen molar-refractivity contribution in [3.05, 3.63) is 12.3 Å². The summed E-state index contributed by atoms with van der Waals surface area (Å²) in [6.07, 6.45) is 11.0. The van der Waals surface area contributed by atoms with E-state index in [9.17, 15) is 0 Å². The summed E-state index contributed by atoms with van der Waals surface area (Å²) in [5.74, 6) is 2.13. The van der Waals surface area contributed by atoms with Crippen molar-refractivity contribution in [1.29, 1.82) is 0 Å². The van der Waals surface area contributed by atoms with Crippen LogP contribution in [0, 0.1) is 11.3 Å². The molecular formula is C17H26N4S. The first-order valence-electron chi connectivity index (χ1n) is 8.61. The van der Waals surface area contributed by atoms with E-state index in [1.54, 1.807) is 11.8 Å². The Morgan fingerprint density at radius 1 is 1.27 bits per heavy atom. The third-order valence-electron chi connectivity index (χ3n) is 5.52. The highest BCUT2D eigenvalue weighted by Gasteiger charge is 2.42. The molecule has 3 aliphatic rings. The number of hydrogen-bond acceptors (Lipinski definition) is 5. The summed E-state index contributed by atoms with van der Waals surface area (Å²) in [4.78, 5) is 14.2. The predicted octanol–water partition coefficient (Wildman–Crippen LogP) is 2.90. The Morgan fingerprint density at radius 3 is 3.00 bits per heavy atom. The molecule has 2 aliphatic heterocycles. The summed E-state index contributed by atoms with van der Waals surface area (Å²) in [6.45, 7) is 6.32. The molecule has 4 nitrogen and oxygen atoms in total. The second kappa shape index (κ2) is 6.00. The van der Waals surface area contributed by atoms with Crippen molar-refractivity contribution in [3.63, 3.8) is 0 Å². The topological polar surface area (TPSA) is 32.3 Å². The SMILES string of the molecule is CSc1nccc(N2CC[C@@]3(CCCN(CC4CC4)C3)C2)n1. The number of aromatic nitrogens is 2. The molecule has 0 unspecified atom stereocenters. The van der Waals surface area contributed by atoms with Crippen molar-refractivity contribution in [1.82, 2.24) is 14.9 Å². The Kier molecular flexibility index (Phi) is 4.03. The summed E-state index contributed by atoms with van der Waals surface area (Å²) in [5, 5.41) is 0.887. The molecule has 0 bridgehead atoms. The molecule has 0 radical (unpaired) electrons. The molecule has 0 N–H and O–H groups in total. The third kappa shape index (κ3) is 3.11. The van der Waals surface area contributed by atoms with Gasteiger partial charge < -0.3 is 9.80 Å². The van der Waals surface area contributed by atoms with E-state index in [1.165, 1.54) is 58.3 Å². The van der Waals surface area contributed by atoms with Gasteiger partial charge >= 0.3 is 0 Å². The molecule has 120 valence electrons. The van der Waals surface area contributed by atoms with Gasteiger partial charge in [0.25, 0.3) is 0 Å². The number of thioether (sulfide) groups is 1. The zero-order chi connectivity index (χ0) is 15.0. The molecule has 1 saturated carbocycles. The van der Waals surface area contributed by atoms with Gasteiger partial charge in [-0.3, -0.25) is 0 Å². The van der Waals surface area contributed by atoms with Gasteiger partial charge in [0.2, 0.25) is 0 Å². The number of nitrogens with zero attached hydrogens (tertiary/aromatic N) is 4. The molecule has 22 heavy (non-hydrogen) atoms. The van der Waals surface area contributed by atoms with Gasteiger partial charge in [-0.25, -0.2) is 9.97 Å². The molecule has 3 heterocycles. The quantitative estimate of drug-likeness (QED) is 0.629. The average molecular weight is 318 g/mol. The summed E-state index contributed by atoms with van der Waals surface area (Å²) < 4.78 is 0. The van der Waals surface area contributed by atoms with Gasteiger partial charge in [-0.2, -0.15) is 0 Å². The minimum Gasteiger partial charge on any atom is -0.356 e. The van der Waals surface area contributed by atoms with E-state index >= 15 is 0 Å². The first-order valence-corrected chi connectivity index (χ1v) is 9.83. The maximum absolute atomic E-state index is 4.69. The summed E-state index contributed by atoms with van der Waals surface area (Å²) >= 11 is 1.63. The monoisotopic (exact) mass is 318 g/mol. The Bertz CT molecular complexity index is 533. The van der Waals surface area contributed by atoms with Gasteiger partial charge in [0.15, 0.2) is 5.16 Å². The number of likely N-dealkylation sites (tertiary alicyclic amines) is 1. The highest BCUT2D eigenvalue weighted by Crippen LogP contribution is 2.41. The van der Waals surface area contributed by atoms with E-state index in [4.69, 9.17) is 4.98 Å². The van der Waals surface area contributed by atoms with Crippen molar-refractivity contribution >= 4 is 17.6 Å². The molecule has 1 spiro atoms. The van der Waals surface area contributed by atoms with Crippen LogP contribution in [0.3, 0.4) is 0 Å². The highest BCUT2D eigenvalue weighted by atomic mass is 32.2. The summed E-state index contributed by atoms with van der Waals surface area (Å²) in [7, 11) is 0. The average Bonchev–Trinajstić information content (AvgIpc) is 3.27. The van der Waals surface area contributed by atoms with Crippen molar-refractivity contribution in [3.8, 4) is 0 Å². The minimum atomic E-state index is 0.512. The van der Waals surface area contributed by atoms with Gasteiger partial charge in [-0.15, -0.1) is 0 Å². The number of anilines is 1. The lowest BCUT2D eigenvalue weighted by molar-refractivity contribution is 0.101. The largest absolute Gasteiger partial charge is 0.356 e. The molecule has 0 amide bonds. The number of rotatable bonds is 4. The van der Waals surface area contributed by atoms with Gasteiger partial charge in [0.1, 0.15) is 5.82 Å². The Hall–Kier alpha value is -0.810. The van der Waals surface area contributed by atoms with Crippen LogP contribution >= 0.6 is 11.8 Å². The van der Waals surface area contributed by atoms with Gasteiger partial charge in [-0.05, 0) is 56.9 Å². The van der Waals surface area contributed by atoms with Crippen LogP contribution in [-0.4, -0.2) is 53.8 Å². The van der Waals surface area contributed by atoms with Gasteiger partial charge in [0, 0.05) is 37.8 Å². The van der Waals surface area contributed by atoms with Crippen LogP contribution in [0.25, 0.3) is 0 Å². The van der Waals surface area contributed by atoms with Crippen LogP contribution in [0.5, 0.6) is 0 Å². The number of hydrogen-bond donors (Lipinski definition) is 0. The normalized spacial score (nSPS) is 29.4. The Morgan fingerprint density at radius 2 is 2.18 bits per heavy atom. The van der Waals surface area contributed by atoms with Gasteiger partial charge in [-0.1, -0.05) is 11.8 Å². The summed E-state index contributed by atoms with van der Waals surface area (Å²) in [6, 6.07) is 2.07. The lowest BCUT2D eigenvalue weighted by atomic mass is 9.79. The molecule has 1 aliphatic carbocycles. The highest BCUT2D eigenvalue weighted by molar-refractivity contribution is 7.98. The van der Waals surface area contributed by atoms with E-state index < -0.39 is 0 Å². The second-order valence-electron chi connectivity index (χ2n) is 7.36. The van der Waals surface area contributed by atoms with E-state index in [0.29, 0.717) is 5.41 Å². The lowest BCUT2D eigenvalue weighted by Gasteiger charge is -2.40. The van der Waals surface area contributed by atoms with Crippen molar-refractivity contribution in [2.75, 3.05) is 43.9 Å².